The highest BCUT2D eigenvalue weighted by Crippen LogP contribution is 2.32. The van der Waals surface area contributed by atoms with Gasteiger partial charge >= 0.3 is 5.97 Å². The molecular weight excluding hydrogens is 360 g/mol. The van der Waals surface area contributed by atoms with Crippen LogP contribution in [-0.2, 0) is 14.3 Å². The van der Waals surface area contributed by atoms with Crippen LogP contribution in [0.5, 0.6) is 11.5 Å². The highest BCUT2D eigenvalue weighted by molar-refractivity contribution is 5.87. The molecule has 1 aromatic carbocycles. The summed E-state index contributed by atoms with van der Waals surface area (Å²) < 4.78 is 20.9. The Morgan fingerprint density at radius 3 is 2.56 bits per heavy atom. The maximum absolute atomic E-state index is 11.4. The van der Waals surface area contributed by atoms with Crippen molar-refractivity contribution in [3.63, 3.8) is 0 Å². The van der Waals surface area contributed by atoms with Gasteiger partial charge in [0.15, 0.2) is 11.5 Å². The SMILES string of the molecule is CCOC(=O)/C=C/c1ccc(O[C@@H]2O[C@H](CO)[C@@H](O)[C@H](O)[C@H]2O)c(OC)c1. The molecule has 150 valence electrons. The van der Waals surface area contributed by atoms with Crippen molar-refractivity contribution in [3.8, 4) is 11.5 Å². The highest BCUT2D eigenvalue weighted by atomic mass is 16.7. The summed E-state index contributed by atoms with van der Waals surface area (Å²) in [6.07, 6.45) is -4.13. The average molecular weight is 384 g/mol. The third-order valence-corrected chi connectivity index (χ3v) is 3.98. The fourth-order valence-electron chi connectivity index (χ4n) is 2.53. The molecular formula is C18H24O9. The Morgan fingerprint density at radius 1 is 1.19 bits per heavy atom. The molecule has 5 atom stereocenters. The molecule has 9 heteroatoms. The number of benzene rings is 1. The van der Waals surface area contributed by atoms with E-state index in [2.05, 4.69) is 0 Å². The summed E-state index contributed by atoms with van der Waals surface area (Å²) in [6, 6.07) is 4.76. The van der Waals surface area contributed by atoms with Gasteiger partial charge in [-0.2, -0.15) is 0 Å². The van der Waals surface area contributed by atoms with Crippen molar-refractivity contribution < 1.29 is 44.2 Å². The molecule has 1 aromatic rings. The van der Waals surface area contributed by atoms with E-state index in [0.717, 1.165) is 0 Å². The van der Waals surface area contributed by atoms with Crippen molar-refractivity contribution in [2.45, 2.75) is 37.6 Å². The molecule has 2 rings (SSSR count). The average Bonchev–Trinajstić information content (AvgIpc) is 2.67. The van der Waals surface area contributed by atoms with Gasteiger partial charge in [-0.1, -0.05) is 6.07 Å². The van der Waals surface area contributed by atoms with Crippen LogP contribution >= 0.6 is 0 Å². The van der Waals surface area contributed by atoms with E-state index < -0.39 is 43.3 Å². The first-order valence-corrected chi connectivity index (χ1v) is 8.41. The second-order valence-electron chi connectivity index (χ2n) is 5.81. The van der Waals surface area contributed by atoms with E-state index in [4.69, 9.17) is 18.9 Å². The van der Waals surface area contributed by atoms with Gasteiger partial charge < -0.3 is 39.4 Å². The number of aliphatic hydroxyl groups is 4. The van der Waals surface area contributed by atoms with Gasteiger partial charge in [0.2, 0.25) is 6.29 Å². The summed E-state index contributed by atoms with van der Waals surface area (Å²) in [5.74, 6) is 0.0196. The van der Waals surface area contributed by atoms with Gasteiger partial charge in [-0.05, 0) is 30.7 Å². The summed E-state index contributed by atoms with van der Waals surface area (Å²) in [6.45, 7) is 1.43. The molecule has 0 saturated carbocycles. The number of hydrogen-bond acceptors (Lipinski definition) is 9. The van der Waals surface area contributed by atoms with Crippen LogP contribution in [-0.4, -0.2) is 77.4 Å². The molecule has 9 nitrogen and oxygen atoms in total. The molecule has 0 radical (unpaired) electrons. The van der Waals surface area contributed by atoms with Crippen LogP contribution in [0.3, 0.4) is 0 Å². The van der Waals surface area contributed by atoms with E-state index in [1.54, 1.807) is 19.1 Å². The maximum atomic E-state index is 11.4. The fraction of sp³-hybridized carbons (Fsp3) is 0.500. The predicted molar refractivity (Wildman–Crippen MR) is 93.1 cm³/mol. The van der Waals surface area contributed by atoms with Gasteiger partial charge in [0, 0.05) is 6.08 Å². The van der Waals surface area contributed by atoms with E-state index in [9.17, 15) is 25.2 Å². The second-order valence-corrected chi connectivity index (χ2v) is 5.81. The molecule has 0 amide bonds. The Kier molecular flexibility index (Phi) is 7.57. The van der Waals surface area contributed by atoms with Crippen molar-refractivity contribution in [1.82, 2.24) is 0 Å². The zero-order valence-corrected chi connectivity index (χ0v) is 15.0. The summed E-state index contributed by atoms with van der Waals surface area (Å²) in [4.78, 5) is 11.4. The van der Waals surface area contributed by atoms with Gasteiger partial charge in [-0.25, -0.2) is 4.79 Å². The number of carbonyl (C=O) groups excluding carboxylic acids is 1. The minimum Gasteiger partial charge on any atom is -0.493 e. The predicted octanol–water partition coefficient (Wildman–Crippen LogP) is -0.550. The van der Waals surface area contributed by atoms with Crippen LogP contribution in [0.1, 0.15) is 12.5 Å². The molecule has 0 unspecified atom stereocenters. The number of methoxy groups -OCH3 is 1. The number of rotatable bonds is 7. The van der Waals surface area contributed by atoms with Crippen LogP contribution in [0, 0.1) is 0 Å². The minimum atomic E-state index is -1.54. The van der Waals surface area contributed by atoms with Crippen LogP contribution in [0.2, 0.25) is 0 Å². The van der Waals surface area contributed by atoms with Gasteiger partial charge in [0.1, 0.15) is 24.4 Å². The van der Waals surface area contributed by atoms with Crippen molar-refractivity contribution in [2.75, 3.05) is 20.3 Å². The molecule has 1 aliphatic heterocycles. The Balaban J connectivity index is 2.15. The smallest absolute Gasteiger partial charge is 0.330 e. The van der Waals surface area contributed by atoms with Crippen molar-refractivity contribution in [1.29, 1.82) is 0 Å². The van der Waals surface area contributed by atoms with Crippen LogP contribution < -0.4 is 9.47 Å². The van der Waals surface area contributed by atoms with E-state index in [1.807, 2.05) is 0 Å². The van der Waals surface area contributed by atoms with Crippen molar-refractivity contribution in [2.24, 2.45) is 0 Å². The molecule has 0 aromatic heterocycles. The molecule has 27 heavy (non-hydrogen) atoms. The lowest BCUT2D eigenvalue weighted by molar-refractivity contribution is -0.277. The van der Waals surface area contributed by atoms with E-state index in [1.165, 1.54) is 25.3 Å². The summed E-state index contributed by atoms with van der Waals surface area (Å²) >= 11 is 0. The Hall–Kier alpha value is -2.17. The fourth-order valence-corrected chi connectivity index (χ4v) is 2.53. The number of ether oxygens (including phenoxy) is 4. The summed E-state index contributed by atoms with van der Waals surface area (Å²) in [5.41, 5.74) is 0.640. The first-order valence-electron chi connectivity index (χ1n) is 8.41. The lowest BCUT2D eigenvalue weighted by Crippen LogP contribution is -2.60. The number of carbonyl (C=O) groups is 1. The molecule has 0 aliphatic carbocycles. The zero-order valence-electron chi connectivity index (χ0n) is 15.0. The largest absolute Gasteiger partial charge is 0.493 e. The number of aliphatic hydroxyl groups excluding tert-OH is 4. The Labute approximate surface area is 156 Å². The van der Waals surface area contributed by atoms with Crippen molar-refractivity contribution >= 4 is 12.0 Å². The first kappa shape index (κ1) is 21.1. The molecule has 0 bridgehead atoms. The van der Waals surface area contributed by atoms with Crippen LogP contribution in [0.15, 0.2) is 24.3 Å². The van der Waals surface area contributed by atoms with E-state index >= 15 is 0 Å². The van der Waals surface area contributed by atoms with E-state index in [0.29, 0.717) is 5.56 Å². The molecule has 1 fully saturated rings. The number of hydrogen-bond donors (Lipinski definition) is 4. The molecule has 0 spiro atoms. The topological polar surface area (TPSA) is 135 Å². The second kappa shape index (κ2) is 9.67. The molecule has 1 saturated heterocycles. The third kappa shape index (κ3) is 5.18. The monoisotopic (exact) mass is 384 g/mol. The van der Waals surface area contributed by atoms with Crippen LogP contribution in [0.25, 0.3) is 6.08 Å². The normalized spacial score (nSPS) is 28.1. The van der Waals surface area contributed by atoms with Gasteiger partial charge in [-0.15, -0.1) is 0 Å². The highest BCUT2D eigenvalue weighted by Gasteiger charge is 2.44. The lowest BCUT2D eigenvalue weighted by Gasteiger charge is -2.39. The lowest BCUT2D eigenvalue weighted by atomic mass is 9.99. The Bertz CT molecular complexity index is 658. The zero-order chi connectivity index (χ0) is 20.0. The summed E-state index contributed by atoms with van der Waals surface area (Å²) in [5, 5.41) is 38.9. The standard InChI is InChI=1S/C18H24O9/c1-3-25-14(20)7-5-10-4-6-11(12(8-10)24-2)26-18-17(23)16(22)15(21)13(9-19)27-18/h4-8,13,15-19,21-23H,3,9H2,1-2H3/b7-5+/t13-,15-,16+,17-,18-/m1/s1. The Morgan fingerprint density at radius 2 is 1.93 bits per heavy atom. The maximum Gasteiger partial charge on any atom is 0.330 e. The third-order valence-electron chi connectivity index (χ3n) is 3.98. The minimum absolute atomic E-state index is 0.204. The number of esters is 1. The molecule has 1 heterocycles. The first-order chi connectivity index (χ1) is 12.9. The molecule has 1 aliphatic rings. The van der Waals surface area contributed by atoms with E-state index in [-0.39, 0.29) is 18.1 Å². The molecule has 4 N–H and O–H groups in total. The van der Waals surface area contributed by atoms with Crippen LogP contribution in [0.4, 0.5) is 0 Å². The quantitative estimate of drug-likeness (QED) is 0.361. The van der Waals surface area contributed by atoms with Gasteiger partial charge in [0.05, 0.1) is 20.3 Å². The van der Waals surface area contributed by atoms with Gasteiger partial charge in [-0.3, -0.25) is 0 Å². The summed E-state index contributed by atoms with van der Waals surface area (Å²) in [7, 11) is 1.41. The van der Waals surface area contributed by atoms with Crippen molar-refractivity contribution in [3.05, 3.63) is 29.8 Å². The van der Waals surface area contributed by atoms with Gasteiger partial charge in [0.25, 0.3) is 0 Å².